The maximum absolute atomic E-state index is 12.2. The van der Waals surface area contributed by atoms with Crippen LogP contribution in [0.5, 0.6) is 5.75 Å². The summed E-state index contributed by atoms with van der Waals surface area (Å²) in [5, 5.41) is 7.37. The summed E-state index contributed by atoms with van der Waals surface area (Å²) in [4.78, 5) is 12.2. The minimum atomic E-state index is -0.558. The number of amides is 2. The number of urea groups is 1. The number of nitrogens with two attached hydrogens (primary N) is 2. The smallest absolute Gasteiger partial charge is 0.352 e. The summed E-state index contributed by atoms with van der Waals surface area (Å²) in [7, 11) is 1.42. The maximum Gasteiger partial charge on any atom is 0.352 e. The zero-order valence-electron chi connectivity index (χ0n) is 17.7. The van der Waals surface area contributed by atoms with Crippen LogP contribution in [-0.2, 0) is 6.61 Å². The van der Waals surface area contributed by atoms with Gasteiger partial charge in [-0.3, -0.25) is 5.01 Å². The summed E-state index contributed by atoms with van der Waals surface area (Å²) in [6.07, 6.45) is 0. The number of hydrazine groups is 2. The fourth-order valence-corrected chi connectivity index (χ4v) is 3.48. The Bertz CT molecular complexity index is 1130. The van der Waals surface area contributed by atoms with E-state index in [9.17, 15) is 4.79 Å². The molecular formula is C21H24Cl2N6O2. The van der Waals surface area contributed by atoms with E-state index in [0.717, 1.165) is 38.2 Å². The number of halogens is 2. The van der Waals surface area contributed by atoms with Crippen molar-refractivity contribution >= 4 is 34.9 Å². The van der Waals surface area contributed by atoms with Crippen molar-refractivity contribution in [3.63, 3.8) is 0 Å². The van der Waals surface area contributed by atoms with Crippen LogP contribution in [0.25, 0.3) is 5.69 Å². The van der Waals surface area contributed by atoms with Crippen LogP contribution in [0.3, 0.4) is 0 Å². The first-order valence-corrected chi connectivity index (χ1v) is 10.2. The van der Waals surface area contributed by atoms with Crippen LogP contribution < -0.4 is 21.4 Å². The summed E-state index contributed by atoms with van der Waals surface area (Å²) in [5.41, 5.74) is 4.48. The lowest BCUT2D eigenvalue weighted by Crippen LogP contribution is -2.49. The number of ether oxygens (including phenoxy) is 1. The van der Waals surface area contributed by atoms with Gasteiger partial charge in [-0.05, 0) is 50.6 Å². The zero-order valence-corrected chi connectivity index (χ0v) is 19.2. The topological polar surface area (TPSA) is 103 Å². The van der Waals surface area contributed by atoms with E-state index in [0.29, 0.717) is 21.5 Å². The highest BCUT2D eigenvalue weighted by Gasteiger charge is 2.19. The molecule has 1 aromatic heterocycles. The van der Waals surface area contributed by atoms with Crippen LogP contribution in [0.15, 0.2) is 36.4 Å². The molecule has 8 nitrogen and oxygen atoms in total. The number of benzene rings is 2. The van der Waals surface area contributed by atoms with Crippen LogP contribution in [-0.4, -0.2) is 27.9 Å². The monoisotopic (exact) mass is 462 g/mol. The van der Waals surface area contributed by atoms with Gasteiger partial charge in [-0.25, -0.2) is 26.2 Å². The Morgan fingerprint density at radius 3 is 2.45 bits per heavy atom. The van der Waals surface area contributed by atoms with Crippen LogP contribution >= 0.6 is 23.2 Å². The highest BCUT2D eigenvalue weighted by molar-refractivity contribution is 6.32. The molecule has 0 spiro atoms. The normalized spacial score (nSPS) is 10.8. The molecule has 2 amide bonds. The van der Waals surface area contributed by atoms with Crippen molar-refractivity contribution in [1.29, 1.82) is 0 Å². The number of hydrogen-bond acceptors (Lipinski definition) is 5. The van der Waals surface area contributed by atoms with E-state index in [4.69, 9.17) is 39.6 Å². The number of aromatic nitrogens is 2. The quantitative estimate of drug-likeness (QED) is 0.334. The molecule has 10 heteroatoms. The molecule has 0 saturated carbocycles. The molecule has 0 radical (unpaired) electrons. The van der Waals surface area contributed by atoms with Crippen molar-refractivity contribution in [3.05, 3.63) is 69.0 Å². The predicted molar refractivity (Wildman–Crippen MR) is 123 cm³/mol. The second-order valence-electron chi connectivity index (χ2n) is 7.14. The Hall–Kier alpha value is -2.78. The molecule has 3 aromatic rings. The Morgan fingerprint density at radius 1 is 1.16 bits per heavy atom. The van der Waals surface area contributed by atoms with E-state index in [1.165, 1.54) is 7.05 Å². The zero-order chi connectivity index (χ0) is 22.9. The molecule has 164 valence electrons. The Morgan fingerprint density at radius 2 is 1.87 bits per heavy atom. The van der Waals surface area contributed by atoms with Crippen molar-refractivity contribution in [1.82, 2.24) is 14.8 Å². The standard InChI is InChI=1S/C21H24Cl2N6O2/c1-12-6-5-7-18(28(25)21(30)27(4)24)16(12)11-31-19-9-8-15(10-17(19)22)29-14(3)20(23)13(2)26-29/h5-10H,11,24-25H2,1-4H3. The third kappa shape index (κ3) is 4.62. The van der Waals surface area contributed by atoms with Gasteiger partial charge in [-0.2, -0.15) is 5.10 Å². The summed E-state index contributed by atoms with van der Waals surface area (Å²) in [6.45, 7) is 5.80. The first-order valence-electron chi connectivity index (χ1n) is 9.42. The molecule has 0 atom stereocenters. The molecule has 0 aliphatic rings. The average molecular weight is 463 g/mol. The molecule has 0 saturated heterocycles. The first-order chi connectivity index (χ1) is 14.6. The highest BCUT2D eigenvalue weighted by Crippen LogP contribution is 2.31. The van der Waals surface area contributed by atoms with E-state index in [1.54, 1.807) is 28.9 Å². The van der Waals surface area contributed by atoms with Crippen LogP contribution in [0, 0.1) is 20.8 Å². The summed E-state index contributed by atoms with van der Waals surface area (Å²) >= 11 is 12.7. The van der Waals surface area contributed by atoms with Crippen molar-refractivity contribution in [2.45, 2.75) is 27.4 Å². The van der Waals surface area contributed by atoms with Gasteiger partial charge >= 0.3 is 6.03 Å². The molecule has 4 N–H and O–H groups in total. The lowest BCUT2D eigenvalue weighted by atomic mass is 10.1. The highest BCUT2D eigenvalue weighted by atomic mass is 35.5. The minimum absolute atomic E-state index is 0.155. The average Bonchev–Trinajstić information content (AvgIpc) is 2.99. The molecule has 0 aliphatic carbocycles. The van der Waals surface area contributed by atoms with Gasteiger partial charge in [-0.15, -0.1) is 0 Å². The summed E-state index contributed by atoms with van der Waals surface area (Å²) in [6, 6.07) is 10.2. The Kier molecular flexibility index (Phi) is 6.76. The fraction of sp³-hybridized carbons (Fsp3) is 0.238. The van der Waals surface area contributed by atoms with Gasteiger partial charge < -0.3 is 4.74 Å². The predicted octanol–water partition coefficient (Wildman–Crippen LogP) is 4.29. The van der Waals surface area contributed by atoms with Crippen molar-refractivity contribution in [2.75, 3.05) is 12.1 Å². The van der Waals surface area contributed by atoms with Gasteiger partial charge in [0, 0.05) is 12.6 Å². The Labute approximate surface area is 190 Å². The number of carbonyl (C=O) groups is 1. The van der Waals surface area contributed by atoms with E-state index in [2.05, 4.69) is 5.10 Å². The van der Waals surface area contributed by atoms with E-state index >= 15 is 0 Å². The number of nitrogens with zero attached hydrogens (tertiary/aromatic N) is 4. The molecule has 0 fully saturated rings. The SMILES string of the molecule is Cc1cccc(N(N)C(=O)N(C)N)c1COc1ccc(-n2nc(C)c(Cl)c2C)cc1Cl. The van der Waals surface area contributed by atoms with E-state index < -0.39 is 6.03 Å². The second-order valence-corrected chi connectivity index (χ2v) is 7.92. The van der Waals surface area contributed by atoms with Gasteiger partial charge in [0.25, 0.3) is 0 Å². The lowest BCUT2D eigenvalue weighted by molar-refractivity contribution is 0.216. The fourth-order valence-electron chi connectivity index (χ4n) is 3.14. The van der Waals surface area contributed by atoms with Gasteiger partial charge in [0.1, 0.15) is 12.4 Å². The molecule has 0 unspecified atom stereocenters. The van der Waals surface area contributed by atoms with Crippen LogP contribution in [0.4, 0.5) is 10.5 Å². The molecule has 1 heterocycles. The minimum Gasteiger partial charge on any atom is -0.487 e. The number of carbonyl (C=O) groups excluding carboxylic acids is 1. The molecule has 31 heavy (non-hydrogen) atoms. The number of anilines is 1. The van der Waals surface area contributed by atoms with Crippen molar-refractivity contribution in [2.24, 2.45) is 11.7 Å². The lowest BCUT2D eigenvalue weighted by Gasteiger charge is -2.24. The molecule has 0 aliphatic heterocycles. The van der Waals surface area contributed by atoms with Gasteiger partial charge in [-0.1, -0.05) is 35.3 Å². The first kappa shape index (κ1) is 22.9. The van der Waals surface area contributed by atoms with Crippen LogP contribution in [0.2, 0.25) is 10.0 Å². The maximum atomic E-state index is 12.2. The second kappa shape index (κ2) is 9.15. The number of rotatable bonds is 5. The van der Waals surface area contributed by atoms with E-state index in [1.807, 2.05) is 32.9 Å². The van der Waals surface area contributed by atoms with Crippen molar-refractivity contribution in [3.8, 4) is 11.4 Å². The third-order valence-corrected chi connectivity index (χ3v) is 5.73. The molecule has 0 bridgehead atoms. The third-order valence-electron chi connectivity index (χ3n) is 4.89. The molecular weight excluding hydrogens is 439 g/mol. The summed E-state index contributed by atoms with van der Waals surface area (Å²) < 4.78 is 7.69. The molecule has 2 aromatic carbocycles. The van der Waals surface area contributed by atoms with Gasteiger partial charge in [0.15, 0.2) is 0 Å². The number of hydrogen-bond donors (Lipinski definition) is 2. The largest absolute Gasteiger partial charge is 0.487 e. The van der Waals surface area contributed by atoms with Gasteiger partial charge in [0.05, 0.1) is 32.8 Å². The summed E-state index contributed by atoms with van der Waals surface area (Å²) in [5.74, 6) is 12.0. The van der Waals surface area contributed by atoms with Crippen LogP contribution in [0.1, 0.15) is 22.5 Å². The molecule has 3 rings (SSSR count). The van der Waals surface area contributed by atoms with Gasteiger partial charge in [0.2, 0.25) is 0 Å². The van der Waals surface area contributed by atoms with Crippen molar-refractivity contribution < 1.29 is 9.53 Å². The Balaban J connectivity index is 1.85. The number of aryl methyl sites for hydroxylation is 2. The van der Waals surface area contributed by atoms with E-state index in [-0.39, 0.29) is 6.61 Å².